The SMILES string of the molecule is CN1C[C@@H]2C[C@@H]1CC2Oc1ccc(N2C(=S)N(c3cnc(C#N)c(C(F)(F)F)c3)C(=O)C23CCC3)cc1. The van der Waals surface area contributed by atoms with Crippen LogP contribution in [0.1, 0.15) is 43.4 Å². The lowest BCUT2D eigenvalue weighted by molar-refractivity contribution is -0.138. The van der Waals surface area contributed by atoms with Gasteiger partial charge in [0.15, 0.2) is 10.8 Å². The molecule has 37 heavy (non-hydrogen) atoms. The summed E-state index contributed by atoms with van der Waals surface area (Å²) in [5.74, 6) is 0.883. The molecule has 4 fully saturated rings. The summed E-state index contributed by atoms with van der Waals surface area (Å²) in [6, 6.07) is 10.2. The van der Waals surface area contributed by atoms with Gasteiger partial charge in [-0.1, -0.05) is 0 Å². The zero-order valence-electron chi connectivity index (χ0n) is 20.0. The molecule has 0 N–H and O–H groups in total. The van der Waals surface area contributed by atoms with E-state index in [1.807, 2.05) is 24.3 Å². The number of thiocarbonyl (C=S) groups is 1. The Hall–Kier alpha value is -3.23. The number of hydrogen-bond acceptors (Lipinski definition) is 6. The molecule has 2 bridgehead atoms. The van der Waals surface area contributed by atoms with E-state index in [1.165, 1.54) is 6.07 Å². The molecule has 3 atom stereocenters. The number of ether oxygens (including phenoxy) is 1. The van der Waals surface area contributed by atoms with Gasteiger partial charge in [0.2, 0.25) is 0 Å². The molecule has 11 heteroatoms. The van der Waals surface area contributed by atoms with Gasteiger partial charge in [0.1, 0.15) is 23.5 Å². The Morgan fingerprint density at radius 1 is 1.19 bits per heavy atom. The number of fused-ring (bicyclic) bond motifs is 2. The molecule has 192 valence electrons. The van der Waals surface area contributed by atoms with Gasteiger partial charge in [-0.3, -0.25) is 9.69 Å². The van der Waals surface area contributed by atoms with E-state index in [2.05, 4.69) is 16.9 Å². The highest BCUT2D eigenvalue weighted by atomic mass is 32.1. The lowest BCUT2D eigenvalue weighted by atomic mass is 9.75. The van der Waals surface area contributed by atoms with E-state index in [4.69, 9.17) is 22.2 Å². The standard InChI is InChI=1S/C26H24F3N5O2S/c1-32-14-15-9-17(32)11-22(15)36-19-5-3-16(4-6-19)34-24(37)33(23(35)25(34)7-2-8-25)18-10-20(26(27,28)29)21(12-30)31-13-18/h3-6,10,13,15,17,22H,2,7-9,11,14H2,1H3/t15-,17+,22?/m0/s1. The van der Waals surface area contributed by atoms with Gasteiger partial charge < -0.3 is 14.5 Å². The molecule has 2 aliphatic heterocycles. The van der Waals surface area contributed by atoms with Crippen LogP contribution in [-0.2, 0) is 11.0 Å². The van der Waals surface area contributed by atoms with E-state index in [0.717, 1.165) is 48.7 Å². The van der Waals surface area contributed by atoms with Crippen LogP contribution in [0, 0.1) is 17.2 Å². The predicted octanol–water partition coefficient (Wildman–Crippen LogP) is 4.50. The lowest BCUT2D eigenvalue weighted by Gasteiger charge is -2.43. The van der Waals surface area contributed by atoms with Crippen molar-refractivity contribution in [2.24, 2.45) is 5.92 Å². The molecule has 1 amide bonds. The number of anilines is 2. The number of piperidine rings is 1. The number of carbonyl (C=O) groups is 1. The van der Waals surface area contributed by atoms with Crippen molar-refractivity contribution in [3.63, 3.8) is 0 Å². The molecule has 2 aromatic rings. The molecule has 1 aromatic heterocycles. The first kappa shape index (κ1) is 24.1. The summed E-state index contributed by atoms with van der Waals surface area (Å²) in [6.07, 6.45) is 0.518. The summed E-state index contributed by atoms with van der Waals surface area (Å²) in [7, 11) is 2.15. The lowest BCUT2D eigenvalue weighted by Crippen LogP contribution is -2.55. The number of nitrogens with zero attached hydrogens (tertiary/aromatic N) is 5. The molecule has 3 heterocycles. The Kier molecular flexibility index (Phi) is 5.47. The maximum Gasteiger partial charge on any atom is 0.419 e. The monoisotopic (exact) mass is 527 g/mol. The van der Waals surface area contributed by atoms with Crippen molar-refractivity contribution < 1.29 is 22.7 Å². The molecule has 7 nitrogen and oxygen atoms in total. The smallest absolute Gasteiger partial charge is 0.419 e. The molecule has 1 spiro atoms. The van der Waals surface area contributed by atoms with Crippen molar-refractivity contribution >= 4 is 34.6 Å². The Morgan fingerprint density at radius 2 is 1.92 bits per heavy atom. The molecule has 1 aromatic carbocycles. The average molecular weight is 528 g/mol. The van der Waals surface area contributed by atoms with E-state index in [1.54, 1.807) is 4.90 Å². The molecule has 4 aliphatic rings. The summed E-state index contributed by atoms with van der Waals surface area (Å²) < 4.78 is 47.0. The first-order valence-electron chi connectivity index (χ1n) is 12.3. The summed E-state index contributed by atoms with van der Waals surface area (Å²) in [5, 5.41) is 9.17. The Balaban J connectivity index is 1.28. The third-order valence-corrected chi connectivity index (χ3v) is 8.63. The van der Waals surface area contributed by atoms with Crippen LogP contribution in [0.3, 0.4) is 0 Å². The highest BCUT2D eigenvalue weighted by molar-refractivity contribution is 7.81. The van der Waals surface area contributed by atoms with Crippen LogP contribution in [0.5, 0.6) is 5.75 Å². The molecule has 1 unspecified atom stereocenters. The number of benzene rings is 1. The quantitative estimate of drug-likeness (QED) is 0.542. The predicted molar refractivity (Wildman–Crippen MR) is 133 cm³/mol. The topological polar surface area (TPSA) is 72.7 Å². The van der Waals surface area contributed by atoms with Gasteiger partial charge in [-0.2, -0.15) is 18.4 Å². The summed E-state index contributed by atoms with van der Waals surface area (Å²) in [5.41, 5.74) is -2.31. The normalized spacial score (nSPS) is 26.6. The maximum atomic E-state index is 13.6. The van der Waals surface area contributed by atoms with Crippen LogP contribution in [0.2, 0.25) is 0 Å². The Labute approximate surface area is 217 Å². The molecule has 0 radical (unpaired) electrons. The van der Waals surface area contributed by atoms with E-state index in [0.29, 0.717) is 30.5 Å². The minimum Gasteiger partial charge on any atom is -0.490 e. The van der Waals surface area contributed by atoms with Gasteiger partial charge >= 0.3 is 6.18 Å². The van der Waals surface area contributed by atoms with Crippen LogP contribution in [0.15, 0.2) is 36.5 Å². The Morgan fingerprint density at radius 3 is 2.46 bits per heavy atom. The number of hydrogen-bond donors (Lipinski definition) is 0. The number of amides is 1. The van der Waals surface area contributed by atoms with Crippen molar-refractivity contribution in [3.8, 4) is 11.8 Å². The van der Waals surface area contributed by atoms with Crippen molar-refractivity contribution in [2.75, 3.05) is 23.4 Å². The number of nitriles is 1. The van der Waals surface area contributed by atoms with Crippen LogP contribution < -0.4 is 14.5 Å². The second-order valence-corrected chi connectivity index (χ2v) is 10.7. The number of halogens is 3. The van der Waals surface area contributed by atoms with Gasteiger partial charge in [-0.05, 0) is 75.3 Å². The zero-order valence-corrected chi connectivity index (χ0v) is 20.8. The van der Waals surface area contributed by atoms with Gasteiger partial charge in [-0.25, -0.2) is 4.98 Å². The zero-order chi connectivity index (χ0) is 26.1. The number of carbonyl (C=O) groups excluding carboxylic acids is 1. The molecule has 6 rings (SSSR count). The second kappa shape index (κ2) is 8.39. The first-order valence-corrected chi connectivity index (χ1v) is 12.7. The van der Waals surface area contributed by atoms with Crippen LogP contribution >= 0.6 is 12.2 Å². The first-order chi connectivity index (χ1) is 17.6. The highest BCUT2D eigenvalue weighted by Gasteiger charge is 2.59. The van der Waals surface area contributed by atoms with Gasteiger partial charge in [-0.15, -0.1) is 0 Å². The number of likely N-dealkylation sites (tertiary alicyclic amines) is 1. The fourth-order valence-electron chi connectivity index (χ4n) is 6.21. The fraction of sp³-hybridized carbons (Fsp3) is 0.462. The van der Waals surface area contributed by atoms with Crippen molar-refractivity contribution in [3.05, 3.63) is 47.8 Å². The molecular formula is C26H24F3N5O2S. The second-order valence-electron chi connectivity index (χ2n) is 10.3. The number of rotatable bonds is 4. The van der Waals surface area contributed by atoms with Crippen LogP contribution in [0.25, 0.3) is 0 Å². The van der Waals surface area contributed by atoms with Crippen molar-refractivity contribution in [2.45, 2.75) is 56.0 Å². The van der Waals surface area contributed by atoms with Gasteiger partial charge in [0.25, 0.3) is 5.91 Å². The largest absolute Gasteiger partial charge is 0.490 e. The molecule has 2 saturated heterocycles. The summed E-state index contributed by atoms with van der Waals surface area (Å²) in [4.78, 5) is 22.5. The summed E-state index contributed by atoms with van der Waals surface area (Å²) >= 11 is 5.67. The number of alkyl halides is 3. The van der Waals surface area contributed by atoms with E-state index >= 15 is 0 Å². The molecule has 2 saturated carbocycles. The van der Waals surface area contributed by atoms with Crippen molar-refractivity contribution in [1.82, 2.24) is 9.88 Å². The Bertz CT molecular complexity index is 1320. The average Bonchev–Trinajstić information content (AvgIpc) is 3.47. The third-order valence-electron chi connectivity index (χ3n) is 8.27. The maximum absolute atomic E-state index is 13.6. The van der Waals surface area contributed by atoms with Gasteiger partial charge in [0, 0.05) is 30.6 Å². The molecular weight excluding hydrogens is 503 g/mol. The number of pyridine rings is 1. The van der Waals surface area contributed by atoms with Crippen molar-refractivity contribution in [1.29, 1.82) is 5.26 Å². The highest BCUT2D eigenvalue weighted by Crippen LogP contribution is 2.48. The van der Waals surface area contributed by atoms with E-state index < -0.39 is 23.0 Å². The minimum atomic E-state index is -4.80. The fourth-order valence-corrected chi connectivity index (χ4v) is 6.68. The summed E-state index contributed by atoms with van der Waals surface area (Å²) in [6.45, 7) is 1.04. The minimum absolute atomic E-state index is 0.0918. The van der Waals surface area contributed by atoms with Crippen LogP contribution in [-0.4, -0.2) is 52.2 Å². The number of aromatic nitrogens is 1. The van der Waals surface area contributed by atoms with E-state index in [-0.39, 0.29) is 22.8 Å². The third kappa shape index (κ3) is 3.68. The van der Waals surface area contributed by atoms with Gasteiger partial charge in [0.05, 0.1) is 17.4 Å². The molecule has 2 aliphatic carbocycles. The van der Waals surface area contributed by atoms with Crippen LogP contribution in [0.4, 0.5) is 24.5 Å². The van der Waals surface area contributed by atoms with E-state index in [9.17, 15) is 18.0 Å².